The fraction of sp³-hybridized carbons (Fsp3) is 0. The molecule has 0 atom stereocenters. The van der Waals surface area contributed by atoms with Gasteiger partial charge in [0.25, 0.3) is 5.91 Å². The van der Waals surface area contributed by atoms with Gasteiger partial charge in [-0.15, -0.1) is 0 Å². The van der Waals surface area contributed by atoms with Gasteiger partial charge in [0.2, 0.25) is 0 Å². The van der Waals surface area contributed by atoms with Gasteiger partial charge in [0.05, 0.1) is 17.3 Å². The fourth-order valence-electron chi connectivity index (χ4n) is 1.48. The Kier molecular flexibility index (Phi) is 3.99. The van der Waals surface area contributed by atoms with Gasteiger partial charge >= 0.3 is 0 Å². The van der Waals surface area contributed by atoms with Crippen LogP contribution in [0.15, 0.2) is 34.0 Å². The first-order chi connectivity index (χ1) is 9.52. The standard InChI is InChI=1S/C11H9BrFN5O2/c12-5-1-2-6(8(13)3-5)11(19)16-10-7(4-15-17-10)9(14)18-20/h1-4,20H,(H2,14,18)(H2,15,16,17,19). The maximum atomic E-state index is 13.6. The minimum Gasteiger partial charge on any atom is -0.409 e. The number of nitrogens with zero attached hydrogens (tertiary/aromatic N) is 2. The van der Waals surface area contributed by atoms with Crippen LogP contribution in [0, 0.1) is 5.82 Å². The summed E-state index contributed by atoms with van der Waals surface area (Å²) in [6.07, 6.45) is 1.27. The van der Waals surface area contributed by atoms with Gasteiger partial charge in [-0.3, -0.25) is 9.89 Å². The summed E-state index contributed by atoms with van der Waals surface area (Å²) in [5, 5.41) is 19.9. The second kappa shape index (κ2) is 5.70. The van der Waals surface area contributed by atoms with E-state index in [4.69, 9.17) is 10.9 Å². The maximum absolute atomic E-state index is 13.6. The van der Waals surface area contributed by atoms with Crippen LogP contribution in [0.3, 0.4) is 0 Å². The lowest BCUT2D eigenvalue weighted by atomic mass is 10.2. The molecule has 0 aliphatic carbocycles. The van der Waals surface area contributed by atoms with E-state index in [0.29, 0.717) is 4.47 Å². The predicted molar refractivity (Wildman–Crippen MR) is 73.2 cm³/mol. The van der Waals surface area contributed by atoms with Crippen molar-refractivity contribution in [1.82, 2.24) is 10.2 Å². The molecule has 0 unspecified atom stereocenters. The molecule has 20 heavy (non-hydrogen) atoms. The zero-order valence-corrected chi connectivity index (χ0v) is 11.5. The Balaban J connectivity index is 2.26. The number of carbonyl (C=O) groups is 1. The molecule has 0 saturated carbocycles. The van der Waals surface area contributed by atoms with Crippen LogP contribution in [-0.4, -0.2) is 27.1 Å². The van der Waals surface area contributed by atoms with Crippen LogP contribution < -0.4 is 11.1 Å². The first-order valence-corrected chi connectivity index (χ1v) is 6.10. The van der Waals surface area contributed by atoms with Gasteiger partial charge in [-0.2, -0.15) is 5.10 Å². The Hall–Kier alpha value is -2.42. The molecule has 0 fully saturated rings. The Labute approximate surface area is 120 Å². The third kappa shape index (κ3) is 2.77. The average Bonchev–Trinajstić information content (AvgIpc) is 2.85. The molecule has 2 rings (SSSR count). The van der Waals surface area contributed by atoms with Crippen molar-refractivity contribution < 1.29 is 14.4 Å². The summed E-state index contributed by atoms with van der Waals surface area (Å²) < 4.78 is 14.2. The van der Waals surface area contributed by atoms with Crippen LogP contribution >= 0.6 is 15.9 Å². The fourth-order valence-corrected chi connectivity index (χ4v) is 1.82. The molecule has 0 aliphatic rings. The second-order valence-corrected chi connectivity index (χ2v) is 4.64. The Morgan fingerprint density at radius 1 is 1.50 bits per heavy atom. The molecule has 0 aliphatic heterocycles. The summed E-state index contributed by atoms with van der Waals surface area (Å²) in [7, 11) is 0. The number of anilines is 1. The van der Waals surface area contributed by atoms with E-state index in [2.05, 4.69) is 36.6 Å². The normalized spacial score (nSPS) is 11.4. The number of rotatable bonds is 3. The van der Waals surface area contributed by atoms with Crippen molar-refractivity contribution in [2.45, 2.75) is 0 Å². The highest BCUT2D eigenvalue weighted by Gasteiger charge is 2.16. The van der Waals surface area contributed by atoms with Gasteiger partial charge in [0.1, 0.15) is 11.6 Å². The molecule has 0 radical (unpaired) electrons. The van der Waals surface area contributed by atoms with Crippen molar-refractivity contribution in [3.63, 3.8) is 0 Å². The molecule has 104 valence electrons. The Morgan fingerprint density at radius 2 is 2.25 bits per heavy atom. The predicted octanol–water partition coefficient (Wildman–Crippen LogP) is 1.66. The van der Waals surface area contributed by atoms with Crippen molar-refractivity contribution >= 4 is 33.5 Å². The Bertz CT molecular complexity index is 685. The summed E-state index contributed by atoms with van der Waals surface area (Å²) in [5.74, 6) is -1.49. The second-order valence-electron chi connectivity index (χ2n) is 3.72. The highest BCUT2D eigenvalue weighted by Crippen LogP contribution is 2.17. The highest BCUT2D eigenvalue weighted by molar-refractivity contribution is 9.10. The number of benzene rings is 1. The molecule has 1 amide bonds. The van der Waals surface area contributed by atoms with Gasteiger partial charge in [0, 0.05) is 4.47 Å². The molecule has 1 aromatic heterocycles. The van der Waals surface area contributed by atoms with E-state index in [0.717, 1.165) is 0 Å². The van der Waals surface area contributed by atoms with E-state index in [-0.39, 0.29) is 22.8 Å². The number of carbonyl (C=O) groups excluding carboxylic acids is 1. The first kappa shape index (κ1) is 14.0. The van der Waals surface area contributed by atoms with Crippen molar-refractivity contribution in [1.29, 1.82) is 0 Å². The lowest BCUT2D eigenvalue weighted by Gasteiger charge is -2.06. The smallest absolute Gasteiger partial charge is 0.259 e. The van der Waals surface area contributed by atoms with Crippen LogP contribution in [0.4, 0.5) is 10.2 Å². The van der Waals surface area contributed by atoms with E-state index in [1.165, 1.54) is 24.4 Å². The van der Waals surface area contributed by atoms with E-state index >= 15 is 0 Å². The zero-order chi connectivity index (χ0) is 14.7. The minimum atomic E-state index is -0.689. The molecule has 0 spiro atoms. The van der Waals surface area contributed by atoms with Crippen LogP contribution in [-0.2, 0) is 0 Å². The van der Waals surface area contributed by atoms with Crippen LogP contribution in [0.5, 0.6) is 0 Å². The monoisotopic (exact) mass is 341 g/mol. The quantitative estimate of drug-likeness (QED) is 0.294. The summed E-state index contributed by atoms with van der Waals surface area (Å²) in [4.78, 5) is 11.9. The number of oxime groups is 1. The third-order valence-corrected chi connectivity index (χ3v) is 2.93. The third-order valence-electron chi connectivity index (χ3n) is 2.44. The van der Waals surface area contributed by atoms with Gasteiger partial charge in [-0.1, -0.05) is 21.1 Å². The minimum absolute atomic E-state index is 0.104. The molecule has 1 aromatic carbocycles. The number of aromatic amines is 1. The van der Waals surface area contributed by atoms with Gasteiger partial charge < -0.3 is 16.3 Å². The molecule has 2 aromatic rings. The van der Waals surface area contributed by atoms with Crippen molar-refractivity contribution in [2.75, 3.05) is 5.32 Å². The summed E-state index contributed by atoms with van der Waals surface area (Å²) in [6.45, 7) is 0. The molecule has 0 bridgehead atoms. The first-order valence-electron chi connectivity index (χ1n) is 5.30. The number of amides is 1. The van der Waals surface area contributed by atoms with Crippen molar-refractivity contribution in [2.24, 2.45) is 10.9 Å². The number of hydrogen-bond acceptors (Lipinski definition) is 4. The maximum Gasteiger partial charge on any atom is 0.259 e. The number of hydrogen-bond donors (Lipinski definition) is 4. The number of H-pyrrole nitrogens is 1. The van der Waals surface area contributed by atoms with Crippen molar-refractivity contribution in [3.8, 4) is 0 Å². The molecule has 5 N–H and O–H groups in total. The zero-order valence-electron chi connectivity index (χ0n) is 9.89. The molecule has 7 nitrogen and oxygen atoms in total. The molecule has 0 saturated heterocycles. The number of nitrogens with one attached hydrogen (secondary N) is 2. The summed E-state index contributed by atoms with van der Waals surface area (Å²) in [6, 6.07) is 4.04. The number of halogens is 2. The van der Waals surface area contributed by atoms with E-state index in [9.17, 15) is 9.18 Å². The van der Waals surface area contributed by atoms with Gasteiger partial charge in [-0.05, 0) is 18.2 Å². The SMILES string of the molecule is NC(=NO)c1cn[nH]c1NC(=O)c1ccc(Br)cc1F. The summed E-state index contributed by atoms with van der Waals surface area (Å²) >= 11 is 3.10. The van der Waals surface area contributed by atoms with Gasteiger partial charge in [-0.25, -0.2) is 4.39 Å². The van der Waals surface area contributed by atoms with Crippen LogP contribution in [0.25, 0.3) is 0 Å². The molecular formula is C11H9BrFN5O2. The summed E-state index contributed by atoms with van der Waals surface area (Å²) in [5.41, 5.74) is 5.46. The molecule has 1 heterocycles. The average molecular weight is 342 g/mol. The van der Waals surface area contributed by atoms with E-state index in [1.54, 1.807) is 0 Å². The lowest BCUT2D eigenvalue weighted by Crippen LogP contribution is -2.19. The topological polar surface area (TPSA) is 116 Å². The number of nitrogens with two attached hydrogens (primary N) is 1. The molecule has 9 heteroatoms. The van der Waals surface area contributed by atoms with Crippen molar-refractivity contribution in [3.05, 3.63) is 45.8 Å². The number of amidine groups is 1. The highest BCUT2D eigenvalue weighted by atomic mass is 79.9. The Morgan fingerprint density at radius 3 is 2.90 bits per heavy atom. The largest absolute Gasteiger partial charge is 0.409 e. The molecular weight excluding hydrogens is 333 g/mol. The van der Waals surface area contributed by atoms with E-state index in [1.807, 2.05) is 0 Å². The van der Waals surface area contributed by atoms with E-state index < -0.39 is 11.7 Å². The van der Waals surface area contributed by atoms with Crippen LogP contribution in [0.2, 0.25) is 0 Å². The lowest BCUT2D eigenvalue weighted by molar-refractivity contribution is 0.102. The van der Waals surface area contributed by atoms with Crippen LogP contribution in [0.1, 0.15) is 15.9 Å². The number of aromatic nitrogens is 2. The van der Waals surface area contributed by atoms with Gasteiger partial charge in [0.15, 0.2) is 5.84 Å².